The fourth-order valence-corrected chi connectivity index (χ4v) is 1.97. The highest BCUT2D eigenvalue weighted by Crippen LogP contribution is 2.32. The molecule has 0 saturated carbocycles. The molecule has 0 aromatic carbocycles. The molecule has 0 radical (unpaired) electrons. The predicted octanol–water partition coefficient (Wildman–Crippen LogP) is 0.692. The molecule has 2 heterocycles. The lowest BCUT2D eigenvalue weighted by atomic mass is 10.0. The zero-order chi connectivity index (χ0) is 15.0. The minimum Gasteiger partial charge on any atom is -0.481 e. The number of carbonyl (C=O) groups excluding carboxylic acids is 1. The quantitative estimate of drug-likeness (QED) is 0.558. The summed E-state index contributed by atoms with van der Waals surface area (Å²) in [5.74, 6) is -0.692. The molecule has 0 bridgehead atoms. The van der Waals surface area contributed by atoms with Gasteiger partial charge in [0.1, 0.15) is 6.10 Å². The Morgan fingerprint density at radius 3 is 2.11 bits per heavy atom. The number of esters is 1. The number of hydrogen-bond acceptors (Lipinski definition) is 5. The van der Waals surface area contributed by atoms with Crippen LogP contribution in [0.3, 0.4) is 0 Å². The van der Waals surface area contributed by atoms with Crippen LogP contribution in [0.15, 0.2) is 0 Å². The molecular weight excluding hydrogens is 252 g/mol. The summed E-state index contributed by atoms with van der Waals surface area (Å²) in [6.45, 7) is 5.75. The van der Waals surface area contributed by atoms with Crippen LogP contribution in [0.25, 0.3) is 0 Å². The van der Waals surface area contributed by atoms with Crippen LogP contribution in [0, 0.1) is 18.8 Å². The highest BCUT2D eigenvalue weighted by atomic mass is 16.6. The van der Waals surface area contributed by atoms with Crippen molar-refractivity contribution < 1.29 is 28.9 Å². The lowest BCUT2D eigenvalue weighted by molar-refractivity contribution is -0.150. The number of terminal acetylenes is 1. The van der Waals surface area contributed by atoms with Crippen molar-refractivity contribution in [3.05, 3.63) is 0 Å². The molecule has 2 saturated heterocycles. The minimum absolute atomic E-state index is 0.0427. The van der Waals surface area contributed by atoms with Crippen molar-refractivity contribution in [3.63, 3.8) is 0 Å². The molecule has 4 atom stereocenters. The highest BCUT2D eigenvalue weighted by Gasteiger charge is 2.47. The van der Waals surface area contributed by atoms with Gasteiger partial charge >= 0.3 is 5.97 Å². The van der Waals surface area contributed by atoms with E-state index >= 15 is 0 Å². The average molecular weight is 272 g/mol. The average Bonchev–Trinajstić information content (AvgIpc) is 2.86. The van der Waals surface area contributed by atoms with Crippen molar-refractivity contribution in [2.24, 2.45) is 5.92 Å². The van der Waals surface area contributed by atoms with Gasteiger partial charge < -0.3 is 19.3 Å². The summed E-state index contributed by atoms with van der Waals surface area (Å²) in [6.07, 6.45) is 7.87. The van der Waals surface area contributed by atoms with Crippen molar-refractivity contribution in [2.45, 2.75) is 39.1 Å². The minimum atomic E-state index is -0.833. The molecule has 108 valence electrons. The van der Waals surface area contributed by atoms with Gasteiger partial charge in [-0.1, -0.05) is 6.92 Å². The first-order valence-corrected chi connectivity index (χ1v) is 5.85. The monoisotopic (exact) mass is 272 g/mol. The molecule has 2 rings (SSSR count). The van der Waals surface area contributed by atoms with Gasteiger partial charge in [0.2, 0.25) is 0 Å². The van der Waals surface area contributed by atoms with Gasteiger partial charge in [0, 0.05) is 19.8 Å². The van der Waals surface area contributed by atoms with Crippen LogP contribution in [-0.4, -0.2) is 48.6 Å². The number of ether oxygens (including phenoxy) is 3. The van der Waals surface area contributed by atoms with Crippen molar-refractivity contribution in [2.75, 3.05) is 13.2 Å². The summed E-state index contributed by atoms with van der Waals surface area (Å²) in [4.78, 5) is 19.7. The van der Waals surface area contributed by atoms with Crippen LogP contribution in [0.4, 0.5) is 0 Å². The third-order valence-corrected chi connectivity index (χ3v) is 2.57. The first kappa shape index (κ1) is 17.4. The van der Waals surface area contributed by atoms with E-state index in [2.05, 4.69) is 19.8 Å². The molecule has 2 unspecified atom stereocenters. The molecule has 19 heavy (non-hydrogen) atoms. The van der Waals surface area contributed by atoms with Crippen molar-refractivity contribution in [1.82, 2.24) is 0 Å². The fourth-order valence-electron chi connectivity index (χ4n) is 1.97. The molecule has 1 N–H and O–H groups in total. The Morgan fingerprint density at radius 2 is 1.63 bits per heavy atom. The first-order chi connectivity index (χ1) is 8.91. The Morgan fingerprint density at radius 1 is 1.16 bits per heavy atom. The van der Waals surface area contributed by atoms with E-state index in [0.717, 1.165) is 6.92 Å². The Kier molecular flexibility index (Phi) is 7.80. The first-order valence-electron chi connectivity index (χ1n) is 5.85. The summed E-state index contributed by atoms with van der Waals surface area (Å²) in [7, 11) is 0. The molecule has 0 amide bonds. The maximum atomic E-state index is 10.7. The molecule has 2 aliphatic rings. The molecule has 0 aromatic rings. The van der Waals surface area contributed by atoms with Gasteiger partial charge in [-0.2, -0.15) is 0 Å². The normalized spacial score (nSPS) is 31.0. The van der Waals surface area contributed by atoms with E-state index in [1.807, 2.05) is 0 Å². The van der Waals surface area contributed by atoms with E-state index in [1.54, 1.807) is 0 Å². The predicted molar refractivity (Wildman–Crippen MR) is 67.4 cm³/mol. The number of aliphatic carboxylic acids is 1. The molecule has 0 spiro atoms. The van der Waals surface area contributed by atoms with Crippen molar-refractivity contribution in [1.29, 1.82) is 0 Å². The van der Waals surface area contributed by atoms with Crippen molar-refractivity contribution >= 4 is 11.9 Å². The lowest BCUT2D eigenvalue weighted by Crippen LogP contribution is -2.32. The Labute approximate surface area is 113 Å². The fraction of sp³-hybridized carbons (Fsp3) is 0.692. The molecule has 6 nitrogen and oxygen atoms in total. The molecule has 6 heteroatoms. The SMILES string of the molecule is C#C.CC(=O)O.CC(=O)O[C@H]1COC2C1OC[C@H]2C. The van der Waals surface area contributed by atoms with Crippen LogP contribution in [0.1, 0.15) is 20.8 Å². The number of carboxylic acid groups (broad SMARTS) is 1. The second-order valence-corrected chi connectivity index (χ2v) is 4.24. The van der Waals surface area contributed by atoms with E-state index < -0.39 is 5.97 Å². The summed E-state index contributed by atoms with van der Waals surface area (Å²) in [6, 6.07) is 0. The van der Waals surface area contributed by atoms with Gasteiger partial charge in [-0.15, -0.1) is 12.8 Å². The Bertz CT molecular complexity index is 320. The third kappa shape index (κ3) is 5.73. The molecule has 0 aliphatic carbocycles. The molecular formula is C13H20O6. The number of carbonyl (C=O) groups is 2. The largest absolute Gasteiger partial charge is 0.481 e. The van der Waals surface area contributed by atoms with E-state index in [1.165, 1.54) is 6.92 Å². The summed E-state index contributed by atoms with van der Waals surface area (Å²) in [5.41, 5.74) is 0. The maximum Gasteiger partial charge on any atom is 0.303 e. The highest BCUT2D eigenvalue weighted by molar-refractivity contribution is 5.66. The van der Waals surface area contributed by atoms with E-state index in [0.29, 0.717) is 19.1 Å². The zero-order valence-electron chi connectivity index (χ0n) is 11.4. The number of carboxylic acids is 1. The van der Waals surface area contributed by atoms with Gasteiger partial charge in [0.15, 0.2) is 6.10 Å². The number of rotatable bonds is 1. The van der Waals surface area contributed by atoms with E-state index in [4.69, 9.17) is 24.1 Å². The van der Waals surface area contributed by atoms with Gasteiger partial charge in [-0.25, -0.2) is 0 Å². The summed E-state index contributed by atoms with van der Waals surface area (Å²) >= 11 is 0. The summed E-state index contributed by atoms with van der Waals surface area (Å²) < 4.78 is 16.1. The van der Waals surface area contributed by atoms with Crippen LogP contribution in [0.2, 0.25) is 0 Å². The van der Waals surface area contributed by atoms with Crippen LogP contribution in [0.5, 0.6) is 0 Å². The third-order valence-electron chi connectivity index (χ3n) is 2.57. The Hall–Kier alpha value is -1.58. The smallest absolute Gasteiger partial charge is 0.303 e. The number of fused-ring (bicyclic) bond motifs is 1. The number of hydrogen-bond donors (Lipinski definition) is 1. The van der Waals surface area contributed by atoms with Crippen molar-refractivity contribution in [3.8, 4) is 12.8 Å². The maximum absolute atomic E-state index is 10.7. The second kappa shape index (κ2) is 8.51. The standard InChI is InChI=1S/C9H14O4.C2H4O2.C2H2/c1-5-3-11-9-7(13-6(2)10)4-12-8(5)9;1-2(3)4;1-2/h5,7-9H,3-4H2,1-2H3;1H3,(H,3,4);1-2H/t5-,7+,8?,9?;;/m1../s1. The van der Waals surface area contributed by atoms with Crippen LogP contribution < -0.4 is 0 Å². The molecule has 2 aliphatic heterocycles. The van der Waals surface area contributed by atoms with Gasteiger partial charge in [0.05, 0.1) is 19.3 Å². The topological polar surface area (TPSA) is 82.1 Å². The lowest BCUT2D eigenvalue weighted by Gasteiger charge is -2.15. The summed E-state index contributed by atoms with van der Waals surface area (Å²) in [5, 5.41) is 7.42. The van der Waals surface area contributed by atoms with Gasteiger partial charge in [0.25, 0.3) is 5.97 Å². The van der Waals surface area contributed by atoms with Crippen LogP contribution in [-0.2, 0) is 23.8 Å². The zero-order valence-corrected chi connectivity index (χ0v) is 11.4. The van der Waals surface area contributed by atoms with Gasteiger partial charge in [-0.05, 0) is 0 Å². The van der Waals surface area contributed by atoms with Crippen LogP contribution >= 0.6 is 0 Å². The Balaban J connectivity index is 0.000000467. The molecule has 2 fully saturated rings. The van der Waals surface area contributed by atoms with E-state index in [-0.39, 0.29) is 24.3 Å². The molecule has 0 aromatic heterocycles. The second-order valence-electron chi connectivity index (χ2n) is 4.24. The van der Waals surface area contributed by atoms with Gasteiger partial charge in [-0.3, -0.25) is 9.59 Å². The van der Waals surface area contributed by atoms with E-state index in [9.17, 15) is 4.79 Å².